The molecule has 2 aliphatic rings. The lowest BCUT2D eigenvalue weighted by Crippen LogP contribution is -2.61. The summed E-state index contributed by atoms with van der Waals surface area (Å²) in [7, 11) is 0. The highest BCUT2D eigenvalue weighted by Crippen LogP contribution is 2.48. The monoisotopic (exact) mass is 527 g/mol. The summed E-state index contributed by atoms with van der Waals surface area (Å²) in [6.07, 6.45) is 2.71. The number of hydrogen-bond donors (Lipinski definition) is 2. The molecule has 1 aliphatic carbocycles. The van der Waals surface area contributed by atoms with Crippen LogP contribution in [0.2, 0.25) is 5.02 Å². The van der Waals surface area contributed by atoms with Gasteiger partial charge in [-0.05, 0) is 38.7 Å². The van der Waals surface area contributed by atoms with Crippen LogP contribution in [0, 0.1) is 11.7 Å². The lowest BCUT2D eigenvalue weighted by molar-refractivity contribution is -0.0295. The lowest BCUT2D eigenvalue weighted by Gasteiger charge is -2.54. The standard InChI is InChI=1S/C24H27ClFN3O5.ClH/c1-3-28-13-24(8-14(9-24)12-34-4-2)29-11-16(20(30)21(31)19(29)23(28)33)22(32)27-10-15-6-5-7-17(25)18(15)26;/h5-7,11,14,31H,3-4,8-10,12-13H2,1-2H3,(H,27,32);1H/t14-,24-;. The summed E-state index contributed by atoms with van der Waals surface area (Å²) in [5.74, 6) is -2.38. The van der Waals surface area contributed by atoms with Crippen molar-refractivity contribution in [3.63, 3.8) is 0 Å². The Morgan fingerprint density at radius 1 is 1.31 bits per heavy atom. The van der Waals surface area contributed by atoms with Gasteiger partial charge in [0.05, 0.1) is 10.6 Å². The molecule has 1 aromatic carbocycles. The number of likely N-dealkylation sites (N-methyl/N-ethyl adjacent to an activating group) is 1. The second-order valence-electron chi connectivity index (χ2n) is 8.81. The number of rotatable bonds is 7. The Hall–Kier alpha value is -2.62. The van der Waals surface area contributed by atoms with E-state index in [9.17, 15) is 23.9 Å². The third-order valence-corrected chi connectivity index (χ3v) is 6.95. The Kier molecular flexibility index (Phi) is 8.14. The molecule has 1 saturated carbocycles. The Labute approximate surface area is 213 Å². The highest BCUT2D eigenvalue weighted by molar-refractivity contribution is 6.30. The van der Waals surface area contributed by atoms with Crippen molar-refractivity contribution in [1.29, 1.82) is 0 Å². The number of ether oxygens (including phenoxy) is 1. The Balaban J connectivity index is 0.00000342. The van der Waals surface area contributed by atoms with Gasteiger partial charge >= 0.3 is 0 Å². The Bertz CT molecular complexity index is 1200. The van der Waals surface area contributed by atoms with Gasteiger partial charge in [-0.2, -0.15) is 0 Å². The van der Waals surface area contributed by atoms with E-state index in [0.29, 0.717) is 39.1 Å². The van der Waals surface area contributed by atoms with E-state index in [4.69, 9.17) is 16.3 Å². The molecular weight excluding hydrogens is 500 g/mol. The fourth-order valence-electron chi connectivity index (χ4n) is 4.95. The van der Waals surface area contributed by atoms with E-state index in [0.717, 1.165) is 0 Å². The van der Waals surface area contributed by atoms with Crippen molar-refractivity contribution in [2.75, 3.05) is 26.3 Å². The average molecular weight is 528 g/mol. The van der Waals surface area contributed by atoms with Gasteiger partial charge in [0, 0.05) is 44.6 Å². The second-order valence-corrected chi connectivity index (χ2v) is 9.22. The second kappa shape index (κ2) is 10.6. The molecule has 2 amide bonds. The molecule has 11 heteroatoms. The fourth-order valence-corrected chi connectivity index (χ4v) is 5.14. The van der Waals surface area contributed by atoms with E-state index >= 15 is 0 Å². The highest BCUT2D eigenvalue weighted by Gasteiger charge is 2.52. The number of fused-ring (bicyclic) bond motifs is 2. The van der Waals surface area contributed by atoms with Gasteiger partial charge in [-0.1, -0.05) is 23.7 Å². The summed E-state index contributed by atoms with van der Waals surface area (Å²) < 4.78 is 21.3. The molecule has 4 rings (SSSR count). The quantitative estimate of drug-likeness (QED) is 0.575. The molecule has 2 N–H and O–H groups in total. The molecule has 0 saturated heterocycles. The Morgan fingerprint density at radius 2 is 2.03 bits per heavy atom. The highest BCUT2D eigenvalue weighted by atomic mass is 35.5. The van der Waals surface area contributed by atoms with E-state index in [1.807, 2.05) is 13.8 Å². The number of hydrogen-bond acceptors (Lipinski definition) is 5. The smallest absolute Gasteiger partial charge is 0.274 e. The topological polar surface area (TPSA) is 101 Å². The third-order valence-electron chi connectivity index (χ3n) is 6.66. The maximum atomic E-state index is 14.2. The average Bonchev–Trinajstić information content (AvgIpc) is 2.80. The van der Waals surface area contributed by atoms with Crippen LogP contribution in [0.5, 0.6) is 5.75 Å². The lowest BCUT2D eigenvalue weighted by atomic mass is 9.66. The van der Waals surface area contributed by atoms with Crippen molar-refractivity contribution in [3.05, 3.63) is 62.3 Å². The number of aromatic hydroxyl groups is 1. The number of carbonyl (C=O) groups is 2. The van der Waals surface area contributed by atoms with Crippen LogP contribution < -0.4 is 10.7 Å². The van der Waals surface area contributed by atoms with E-state index in [1.165, 1.54) is 18.3 Å². The first-order chi connectivity index (χ1) is 16.2. The van der Waals surface area contributed by atoms with Crippen LogP contribution in [0.15, 0.2) is 29.2 Å². The van der Waals surface area contributed by atoms with Crippen molar-refractivity contribution >= 4 is 35.8 Å². The van der Waals surface area contributed by atoms with Gasteiger partial charge in [0.15, 0.2) is 11.4 Å². The zero-order chi connectivity index (χ0) is 24.6. The van der Waals surface area contributed by atoms with Crippen molar-refractivity contribution < 1.29 is 23.8 Å². The molecule has 0 atom stereocenters. The molecule has 1 aromatic heterocycles. The fraction of sp³-hybridized carbons (Fsp3) is 0.458. The number of halogens is 3. The van der Waals surface area contributed by atoms with Crippen molar-refractivity contribution in [2.45, 2.75) is 38.8 Å². The van der Waals surface area contributed by atoms with Gasteiger partial charge in [0.25, 0.3) is 11.8 Å². The van der Waals surface area contributed by atoms with Crippen molar-refractivity contribution in [3.8, 4) is 5.75 Å². The first kappa shape index (κ1) is 27.0. The summed E-state index contributed by atoms with van der Waals surface area (Å²) in [5.41, 5.74) is -1.74. The van der Waals surface area contributed by atoms with Gasteiger partial charge < -0.3 is 24.6 Å². The molecule has 1 spiro atoms. The van der Waals surface area contributed by atoms with E-state index in [-0.39, 0.29) is 46.7 Å². The molecule has 2 heterocycles. The minimum atomic E-state index is -0.943. The molecule has 2 aromatic rings. The summed E-state index contributed by atoms with van der Waals surface area (Å²) in [4.78, 5) is 40.4. The van der Waals surface area contributed by atoms with Crippen LogP contribution in [0.25, 0.3) is 0 Å². The number of nitrogens with zero attached hydrogens (tertiary/aromatic N) is 2. The van der Waals surface area contributed by atoms with Crippen molar-refractivity contribution in [2.24, 2.45) is 5.92 Å². The molecule has 0 bridgehead atoms. The summed E-state index contributed by atoms with van der Waals surface area (Å²) in [6, 6.07) is 4.42. The largest absolute Gasteiger partial charge is 0.503 e. The maximum Gasteiger partial charge on any atom is 0.274 e. The van der Waals surface area contributed by atoms with Crippen molar-refractivity contribution in [1.82, 2.24) is 14.8 Å². The van der Waals surface area contributed by atoms with Crippen LogP contribution in [-0.2, 0) is 16.8 Å². The predicted molar refractivity (Wildman–Crippen MR) is 131 cm³/mol. The summed E-state index contributed by atoms with van der Waals surface area (Å²) >= 11 is 5.79. The molecule has 0 unspecified atom stereocenters. The van der Waals surface area contributed by atoms with E-state index in [2.05, 4.69) is 5.32 Å². The number of nitrogens with one attached hydrogen (secondary N) is 1. The normalized spacial score (nSPS) is 20.7. The van der Waals surface area contributed by atoms with E-state index < -0.39 is 34.3 Å². The number of aromatic nitrogens is 1. The SMILES string of the molecule is CCOC[C@H]1C[C@@]2(CN(CC)C(=O)c3c(O)c(=O)c(C(=O)NCc4cccc(Cl)c4F)cn32)C1.Cl. The molecule has 35 heavy (non-hydrogen) atoms. The molecule has 1 aliphatic heterocycles. The molecule has 190 valence electrons. The van der Waals surface area contributed by atoms with Gasteiger partial charge in [0.1, 0.15) is 11.4 Å². The van der Waals surface area contributed by atoms with Crippen LogP contribution in [0.3, 0.4) is 0 Å². The van der Waals surface area contributed by atoms with Gasteiger partial charge in [-0.3, -0.25) is 14.4 Å². The van der Waals surface area contributed by atoms with Crippen LogP contribution in [-0.4, -0.2) is 52.7 Å². The first-order valence-corrected chi connectivity index (χ1v) is 11.7. The predicted octanol–water partition coefficient (Wildman–Crippen LogP) is 3.32. The maximum absolute atomic E-state index is 14.2. The zero-order valence-corrected chi connectivity index (χ0v) is 21.0. The van der Waals surface area contributed by atoms with Crippen LogP contribution in [0.4, 0.5) is 4.39 Å². The van der Waals surface area contributed by atoms with Gasteiger partial charge in [-0.25, -0.2) is 4.39 Å². The zero-order valence-electron chi connectivity index (χ0n) is 19.5. The summed E-state index contributed by atoms with van der Waals surface area (Å²) in [5, 5.41) is 13.2. The summed E-state index contributed by atoms with van der Waals surface area (Å²) in [6.45, 7) is 5.58. The first-order valence-electron chi connectivity index (χ1n) is 11.3. The number of amides is 2. The van der Waals surface area contributed by atoms with Gasteiger partial charge in [0.2, 0.25) is 5.43 Å². The number of pyridine rings is 1. The molecular formula is C24H28Cl2FN3O5. The minimum absolute atomic E-state index is 0. The van der Waals surface area contributed by atoms with Crippen LogP contribution >= 0.6 is 24.0 Å². The van der Waals surface area contributed by atoms with E-state index in [1.54, 1.807) is 15.5 Å². The molecule has 1 fully saturated rings. The van der Waals surface area contributed by atoms with Crippen LogP contribution in [0.1, 0.15) is 53.1 Å². The molecule has 0 radical (unpaired) electrons. The Morgan fingerprint density at radius 3 is 2.69 bits per heavy atom. The third kappa shape index (κ3) is 4.77. The molecule has 8 nitrogen and oxygen atoms in total. The minimum Gasteiger partial charge on any atom is -0.503 e. The number of benzene rings is 1. The van der Waals surface area contributed by atoms with Gasteiger partial charge in [-0.15, -0.1) is 12.4 Å². The number of carbonyl (C=O) groups excluding carboxylic acids is 2.